The van der Waals surface area contributed by atoms with Crippen molar-refractivity contribution in [1.82, 2.24) is 0 Å². The summed E-state index contributed by atoms with van der Waals surface area (Å²) in [7, 11) is -9.90. The van der Waals surface area contributed by atoms with Crippen molar-refractivity contribution >= 4 is 39.5 Å². The van der Waals surface area contributed by atoms with Crippen LogP contribution in [-0.4, -0.2) is 96.7 Å². The van der Waals surface area contributed by atoms with Gasteiger partial charge in [0, 0.05) is 25.7 Å². The molecule has 6 atom stereocenters. The van der Waals surface area contributed by atoms with Crippen molar-refractivity contribution in [1.29, 1.82) is 0 Å². The number of hydrogen-bond donors (Lipinski definition) is 3. The van der Waals surface area contributed by atoms with E-state index in [0.717, 1.165) is 115 Å². The summed E-state index contributed by atoms with van der Waals surface area (Å²) in [5.41, 5.74) is 0. The van der Waals surface area contributed by atoms with Crippen LogP contribution < -0.4 is 0 Å². The third-order valence-electron chi connectivity index (χ3n) is 15.0. The summed E-state index contributed by atoms with van der Waals surface area (Å²) in [5.74, 6) is -1.40. The molecule has 0 aliphatic carbocycles. The maximum atomic E-state index is 13.0. The summed E-state index contributed by atoms with van der Waals surface area (Å²) in [6, 6.07) is 0. The molecule has 17 nitrogen and oxygen atoms in total. The smallest absolute Gasteiger partial charge is 0.462 e. The summed E-state index contributed by atoms with van der Waals surface area (Å²) in [6.45, 7) is 7.05. The molecule has 3 unspecified atom stereocenters. The van der Waals surface area contributed by atoms with E-state index in [4.69, 9.17) is 37.0 Å². The molecule has 0 aromatic heterocycles. The Kier molecular flexibility index (Phi) is 57.5. The lowest BCUT2D eigenvalue weighted by Gasteiger charge is -2.21. The normalized spacial score (nSPS) is 14.7. The molecule has 3 N–H and O–H groups in total. The summed E-state index contributed by atoms with van der Waals surface area (Å²) in [4.78, 5) is 72.1. The van der Waals surface area contributed by atoms with E-state index >= 15 is 0 Å². The molecule has 19 heteroatoms. The van der Waals surface area contributed by atoms with Crippen LogP contribution in [-0.2, 0) is 65.4 Å². The van der Waals surface area contributed by atoms with Gasteiger partial charge in [0.25, 0.3) is 0 Å². The number of hydrogen-bond acceptors (Lipinski definition) is 15. The quantitative estimate of drug-likeness (QED) is 0.0169. The minimum Gasteiger partial charge on any atom is -0.462 e. The summed E-state index contributed by atoms with van der Waals surface area (Å²) in [6.07, 6.45) is 46.9. The molecule has 0 spiro atoms. The second kappa shape index (κ2) is 59.2. The molecule has 0 saturated carbocycles. The summed E-state index contributed by atoms with van der Waals surface area (Å²) in [5, 5.41) is 10.5. The Bertz CT molecular complexity index is 1750. The van der Waals surface area contributed by atoms with Crippen LogP contribution in [0.4, 0.5) is 0 Å². The number of phosphoric acid groups is 2. The first-order valence-corrected chi connectivity index (χ1v) is 37.0. The fourth-order valence-electron chi connectivity index (χ4n) is 9.36. The highest BCUT2D eigenvalue weighted by atomic mass is 31.2. The van der Waals surface area contributed by atoms with Crippen molar-refractivity contribution in [3.63, 3.8) is 0 Å². The number of aliphatic hydroxyl groups excluding tert-OH is 1. The zero-order valence-electron chi connectivity index (χ0n) is 54.2. The molecule has 0 aliphatic heterocycles. The van der Waals surface area contributed by atoms with Gasteiger partial charge in [-0.3, -0.25) is 37.3 Å². The molecule has 0 amide bonds. The molecule has 0 aromatic rings. The fraction of sp³-hybridized carbons (Fsp3) is 0.879. The zero-order chi connectivity index (χ0) is 62.8. The first-order valence-electron chi connectivity index (χ1n) is 34.0. The van der Waals surface area contributed by atoms with E-state index < -0.39 is 97.5 Å². The minimum atomic E-state index is -4.95. The van der Waals surface area contributed by atoms with Gasteiger partial charge in [-0.2, -0.15) is 0 Å². The number of carbonyl (C=O) groups excluding carboxylic acids is 4. The van der Waals surface area contributed by atoms with Crippen molar-refractivity contribution in [2.75, 3.05) is 39.6 Å². The van der Waals surface area contributed by atoms with Crippen LogP contribution in [0.2, 0.25) is 0 Å². The number of unbranched alkanes of at least 4 members (excludes halogenated alkanes) is 32. The molecular formula is C66H124O17P2. The van der Waals surface area contributed by atoms with Crippen molar-refractivity contribution in [2.24, 2.45) is 5.92 Å². The lowest BCUT2D eigenvalue weighted by atomic mass is 9.99. The standard InChI is InChI=1S/C66H124O17P2/c1-6-10-13-16-18-20-22-24-25-27-29-31-36-41-46-51-65(70)83-62(56-77-64(69)50-45-40-35-30-28-26-23-21-19-17-14-11-7-2)58-81-85(74,75)79-54-60(67)53-78-84(72,73)80-57-61(55-76-63(68)49-44-38-15-12-8-3)82-66(71)52-47-42-37-33-32-34-39-43-48-59(5)9-4/h20,22,24-25,59-62,67H,6-19,21,23,26-58H2,1-5H3,(H,72,73)(H,74,75)/b22-20-,25-24-/t59?,60-,61+,62+/m0/s1. The molecule has 0 rings (SSSR count). The second-order valence-corrected chi connectivity index (χ2v) is 26.3. The number of phosphoric ester groups is 2. The van der Waals surface area contributed by atoms with Gasteiger partial charge in [0.2, 0.25) is 0 Å². The molecule has 0 aromatic carbocycles. The minimum absolute atomic E-state index is 0.0852. The van der Waals surface area contributed by atoms with E-state index in [9.17, 15) is 43.2 Å². The molecule has 0 radical (unpaired) electrons. The number of rotatable bonds is 64. The Balaban J connectivity index is 5.22. The van der Waals surface area contributed by atoms with E-state index in [1.807, 2.05) is 0 Å². The molecule has 0 saturated heterocycles. The van der Waals surface area contributed by atoms with Crippen molar-refractivity contribution < 1.29 is 80.2 Å². The van der Waals surface area contributed by atoms with Gasteiger partial charge in [-0.05, 0) is 57.3 Å². The average molecular weight is 1250 g/mol. The zero-order valence-corrected chi connectivity index (χ0v) is 56.0. The number of ether oxygens (including phenoxy) is 4. The molecule has 0 heterocycles. The van der Waals surface area contributed by atoms with E-state index in [-0.39, 0.29) is 25.7 Å². The van der Waals surface area contributed by atoms with Gasteiger partial charge in [-0.25, -0.2) is 9.13 Å². The monoisotopic (exact) mass is 1250 g/mol. The van der Waals surface area contributed by atoms with Crippen LogP contribution in [0.25, 0.3) is 0 Å². The highest BCUT2D eigenvalue weighted by Crippen LogP contribution is 2.45. The van der Waals surface area contributed by atoms with Crippen LogP contribution in [0.5, 0.6) is 0 Å². The fourth-order valence-corrected chi connectivity index (χ4v) is 10.9. The Labute approximate surface area is 516 Å². The highest BCUT2D eigenvalue weighted by Gasteiger charge is 2.30. The average Bonchev–Trinajstić information content (AvgIpc) is 3.48. The lowest BCUT2D eigenvalue weighted by molar-refractivity contribution is -0.161. The molecular weight excluding hydrogens is 1130 g/mol. The molecule has 500 valence electrons. The second-order valence-electron chi connectivity index (χ2n) is 23.4. The molecule has 0 fully saturated rings. The van der Waals surface area contributed by atoms with Crippen LogP contribution in [0, 0.1) is 5.92 Å². The Morgan fingerprint density at radius 3 is 1.00 bits per heavy atom. The number of carbonyl (C=O) groups is 4. The summed E-state index contributed by atoms with van der Waals surface area (Å²) >= 11 is 0. The summed E-state index contributed by atoms with van der Waals surface area (Å²) < 4.78 is 67.9. The first kappa shape index (κ1) is 82.5. The van der Waals surface area contributed by atoms with Gasteiger partial charge in [0.1, 0.15) is 19.3 Å². The predicted molar refractivity (Wildman–Crippen MR) is 340 cm³/mol. The maximum Gasteiger partial charge on any atom is 0.472 e. The Morgan fingerprint density at radius 1 is 0.376 bits per heavy atom. The van der Waals surface area contributed by atoms with Gasteiger partial charge >= 0.3 is 39.5 Å². The van der Waals surface area contributed by atoms with E-state index in [1.165, 1.54) is 116 Å². The van der Waals surface area contributed by atoms with Gasteiger partial charge in [0.05, 0.1) is 26.4 Å². The van der Waals surface area contributed by atoms with Crippen molar-refractivity contribution in [2.45, 2.75) is 329 Å². The topological polar surface area (TPSA) is 237 Å². The Morgan fingerprint density at radius 2 is 0.659 bits per heavy atom. The van der Waals surface area contributed by atoms with Crippen LogP contribution in [0.15, 0.2) is 24.3 Å². The van der Waals surface area contributed by atoms with Gasteiger partial charge in [-0.1, -0.05) is 258 Å². The maximum absolute atomic E-state index is 13.0. The van der Waals surface area contributed by atoms with Crippen LogP contribution in [0.1, 0.15) is 311 Å². The third kappa shape index (κ3) is 59.0. The number of esters is 4. The van der Waals surface area contributed by atoms with E-state index in [1.54, 1.807) is 0 Å². The predicted octanol–water partition coefficient (Wildman–Crippen LogP) is 18.1. The highest BCUT2D eigenvalue weighted by molar-refractivity contribution is 7.47. The van der Waals surface area contributed by atoms with Crippen molar-refractivity contribution in [3.05, 3.63) is 24.3 Å². The largest absolute Gasteiger partial charge is 0.472 e. The molecule has 85 heavy (non-hydrogen) atoms. The van der Waals surface area contributed by atoms with Gasteiger partial charge in [-0.15, -0.1) is 0 Å². The third-order valence-corrected chi connectivity index (χ3v) is 16.9. The van der Waals surface area contributed by atoms with Crippen LogP contribution in [0.3, 0.4) is 0 Å². The lowest BCUT2D eigenvalue weighted by Crippen LogP contribution is -2.30. The number of allylic oxidation sites excluding steroid dienone is 4. The van der Waals surface area contributed by atoms with Crippen molar-refractivity contribution in [3.8, 4) is 0 Å². The van der Waals surface area contributed by atoms with Crippen LogP contribution >= 0.6 is 15.6 Å². The number of aliphatic hydroxyl groups is 1. The van der Waals surface area contributed by atoms with Gasteiger partial charge in [0.15, 0.2) is 12.2 Å². The molecule has 0 bridgehead atoms. The SMILES string of the molecule is CCCCCC/C=C\C=C/CCCCCCCC(=O)O[C@H](COC(=O)CCCCCCCCCCCCCCC)COP(=O)(O)OC[C@@H](O)COP(=O)(O)OC[C@@H](COC(=O)CCCCCCC)OC(=O)CCCCCCCCCCC(C)CC. The Hall–Kier alpha value is -2.46. The molecule has 0 aliphatic rings. The van der Waals surface area contributed by atoms with E-state index in [0.29, 0.717) is 25.7 Å². The van der Waals surface area contributed by atoms with Gasteiger partial charge < -0.3 is 33.8 Å². The first-order chi connectivity index (χ1) is 41.1. The van der Waals surface area contributed by atoms with E-state index in [2.05, 4.69) is 58.9 Å².